The summed E-state index contributed by atoms with van der Waals surface area (Å²) in [6.45, 7) is 3.88. The van der Waals surface area contributed by atoms with Crippen molar-refractivity contribution in [1.82, 2.24) is 10.2 Å². The van der Waals surface area contributed by atoms with Gasteiger partial charge in [0.25, 0.3) is 0 Å². The van der Waals surface area contributed by atoms with Crippen LogP contribution in [0.15, 0.2) is 23.2 Å². The molecular formula is C19H26FN5O3. The second-order valence-electron chi connectivity index (χ2n) is 6.95. The standard InChI is InChI=1S/C19H26FN5O3/c20-14-11-15(23-19-21-5-2-6-22-19)13-16(12-14)24-7-9-25(10-8-24)17(26)3-1-4-18(27)28/h11-13H,1-10H2,(H,27,28)(H2,21,22,23). The summed E-state index contributed by atoms with van der Waals surface area (Å²) in [5.41, 5.74) is 1.40. The third-order valence-electron chi connectivity index (χ3n) is 4.82. The molecule has 2 heterocycles. The Balaban J connectivity index is 1.55. The number of hydrogen-bond acceptors (Lipinski definition) is 6. The molecule has 152 valence electrons. The summed E-state index contributed by atoms with van der Waals surface area (Å²) in [6.07, 6.45) is 1.59. The zero-order chi connectivity index (χ0) is 19.9. The number of hydrogen-bond donors (Lipinski definition) is 3. The number of rotatable bonds is 6. The van der Waals surface area contributed by atoms with Gasteiger partial charge in [-0.15, -0.1) is 0 Å². The lowest BCUT2D eigenvalue weighted by Gasteiger charge is -2.36. The van der Waals surface area contributed by atoms with Crippen LogP contribution in [-0.4, -0.2) is 67.1 Å². The van der Waals surface area contributed by atoms with Crippen LogP contribution in [0.3, 0.4) is 0 Å². The summed E-state index contributed by atoms with van der Waals surface area (Å²) in [4.78, 5) is 30.9. The molecule has 2 aliphatic heterocycles. The predicted octanol–water partition coefficient (Wildman–Crippen LogP) is 1.49. The van der Waals surface area contributed by atoms with Crippen molar-refractivity contribution in [3.8, 4) is 0 Å². The van der Waals surface area contributed by atoms with Crippen molar-refractivity contribution in [2.75, 3.05) is 49.5 Å². The average Bonchev–Trinajstić information content (AvgIpc) is 2.68. The summed E-state index contributed by atoms with van der Waals surface area (Å²) in [5, 5.41) is 14.9. The minimum atomic E-state index is -0.887. The van der Waals surface area contributed by atoms with E-state index in [0.29, 0.717) is 44.2 Å². The number of anilines is 2. The molecule has 1 amide bonds. The maximum Gasteiger partial charge on any atom is 0.303 e. The van der Waals surface area contributed by atoms with Gasteiger partial charge in [0.1, 0.15) is 5.82 Å². The number of guanidine groups is 1. The number of amides is 1. The van der Waals surface area contributed by atoms with Crippen molar-refractivity contribution < 1.29 is 19.1 Å². The topological polar surface area (TPSA) is 97.3 Å². The van der Waals surface area contributed by atoms with Crippen molar-refractivity contribution in [3.63, 3.8) is 0 Å². The summed E-state index contributed by atoms with van der Waals surface area (Å²) in [5.74, 6) is -0.588. The third-order valence-corrected chi connectivity index (χ3v) is 4.82. The number of carboxylic acid groups (broad SMARTS) is 1. The van der Waals surface area contributed by atoms with Crippen molar-refractivity contribution >= 4 is 29.2 Å². The van der Waals surface area contributed by atoms with Gasteiger partial charge in [0.2, 0.25) is 5.91 Å². The van der Waals surface area contributed by atoms with E-state index in [0.717, 1.165) is 25.2 Å². The summed E-state index contributed by atoms with van der Waals surface area (Å²) < 4.78 is 14.1. The number of carbonyl (C=O) groups excluding carboxylic acids is 1. The second-order valence-corrected chi connectivity index (χ2v) is 6.95. The molecule has 3 N–H and O–H groups in total. The van der Waals surface area contributed by atoms with E-state index in [1.807, 2.05) is 11.0 Å². The van der Waals surface area contributed by atoms with E-state index < -0.39 is 5.97 Å². The maximum atomic E-state index is 14.1. The van der Waals surface area contributed by atoms with Crippen LogP contribution in [-0.2, 0) is 9.59 Å². The van der Waals surface area contributed by atoms with Crippen LogP contribution >= 0.6 is 0 Å². The number of carbonyl (C=O) groups is 2. The van der Waals surface area contributed by atoms with Gasteiger partial charge in [-0.3, -0.25) is 14.6 Å². The number of halogens is 1. The molecule has 1 aromatic rings. The fraction of sp³-hybridized carbons (Fsp3) is 0.526. The van der Waals surface area contributed by atoms with Crippen molar-refractivity contribution in [1.29, 1.82) is 0 Å². The molecule has 3 rings (SSSR count). The zero-order valence-corrected chi connectivity index (χ0v) is 15.8. The van der Waals surface area contributed by atoms with Crippen LogP contribution in [0.1, 0.15) is 25.7 Å². The first kappa shape index (κ1) is 19.9. The Labute approximate surface area is 163 Å². The van der Waals surface area contributed by atoms with Crippen molar-refractivity contribution in [2.45, 2.75) is 25.7 Å². The van der Waals surface area contributed by atoms with Crippen LogP contribution in [0.25, 0.3) is 0 Å². The van der Waals surface area contributed by atoms with Crippen LogP contribution in [0.5, 0.6) is 0 Å². The molecule has 8 nitrogen and oxygen atoms in total. The number of piperazine rings is 1. The van der Waals surface area contributed by atoms with E-state index in [9.17, 15) is 14.0 Å². The molecule has 0 spiro atoms. The normalized spacial score (nSPS) is 17.0. The van der Waals surface area contributed by atoms with Gasteiger partial charge in [-0.2, -0.15) is 0 Å². The van der Waals surface area contributed by atoms with E-state index >= 15 is 0 Å². The van der Waals surface area contributed by atoms with Gasteiger partial charge < -0.3 is 25.5 Å². The second kappa shape index (κ2) is 9.38. The van der Waals surface area contributed by atoms with Gasteiger partial charge >= 0.3 is 5.97 Å². The predicted molar refractivity (Wildman–Crippen MR) is 105 cm³/mol. The highest BCUT2D eigenvalue weighted by atomic mass is 19.1. The lowest BCUT2D eigenvalue weighted by atomic mass is 10.2. The average molecular weight is 391 g/mol. The largest absolute Gasteiger partial charge is 0.481 e. The SMILES string of the molecule is O=C(O)CCCC(=O)N1CCN(c2cc(F)cc(NC3=NCCCN3)c2)CC1. The van der Waals surface area contributed by atoms with Crippen molar-refractivity contribution in [2.24, 2.45) is 4.99 Å². The first-order valence-electron chi connectivity index (χ1n) is 9.62. The molecule has 0 saturated carbocycles. The molecule has 1 saturated heterocycles. The fourth-order valence-corrected chi connectivity index (χ4v) is 3.34. The summed E-state index contributed by atoms with van der Waals surface area (Å²) >= 11 is 0. The minimum Gasteiger partial charge on any atom is -0.481 e. The van der Waals surface area contributed by atoms with E-state index in [1.54, 1.807) is 4.90 Å². The highest BCUT2D eigenvalue weighted by Gasteiger charge is 2.22. The smallest absolute Gasteiger partial charge is 0.303 e. The Morgan fingerprint density at radius 2 is 1.96 bits per heavy atom. The van der Waals surface area contributed by atoms with Crippen molar-refractivity contribution in [3.05, 3.63) is 24.0 Å². The van der Waals surface area contributed by atoms with Crippen LogP contribution < -0.4 is 15.5 Å². The van der Waals surface area contributed by atoms with Gasteiger partial charge in [0, 0.05) is 63.5 Å². The highest BCUT2D eigenvalue weighted by Crippen LogP contribution is 2.23. The number of aliphatic carboxylic acids is 1. The lowest BCUT2D eigenvalue weighted by Crippen LogP contribution is -2.48. The quantitative estimate of drug-likeness (QED) is 0.680. The minimum absolute atomic E-state index is 0.00488. The number of carboxylic acids is 1. The molecule has 0 unspecified atom stereocenters. The lowest BCUT2D eigenvalue weighted by molar-refractivity contribution is -0.137. The Bertz CT molecular complexity index is 747. The Hall–Kier alpha value is -2.84. The number of nitrogens with one attached hydrogen (secondary N) is 2. The molecule has 0 aliphatic carbocycles. The van der Waals surface area contributed by atoms with E-state index in [4.69, 9.17) is 5.11 Å². The molecule has 0 atom stereocenters. The molecule has 1 fully saturated rings. The van der Waals surface area contributed by atoms with E-state index in [-0.39, 0.29) is 24.6 Å². The van der Waals surface area contributed by atoms with Gasteiger partial charge in [0.15, 0.2) is 5.96 Å². The maximum absolute atomic E-state index is 14.1. The van der Waals surface area contributed by atoms with Gasteiger partial charge in [0.05, 0.1) is 0 Å². The molecular weight excluding hydrogens is 365 g/mol. The van der Waals surface area contributed by atoms with E-state index in [1.165, 1.54) is 12.1 Å². The molecule has 2 aliphatic rings. The first-order valence-corrected chi connectivity index (χ1v) is 9.62. The zero-order valence-electron chi connectivity index (χ0n) is 15.8. The Morgan fingerprint density at radius 3 is 2.64 bits per heavy atom. The molecule has 28 heavy (non-hydrogen) atoms. The van der Waals surface area contributed by atoms with Crippen LogP contribution in [0.2, 0.25) is 0 Å². The number of aliphatic imine (C=N–C) groups is 1. The molecule has 0 aromatic heterocycles. The highest BCUT2D eigenvalue weighted by molar-refractivity contribution is 5.94. The fourth-order valence-electron chi connectivity index (χ4n) is 3.34. The van der Waals surface area contributed by atoms with Gasteiger partial charge in [-0.1, -0.05) is 0 Å². The molecule has 0 bridgehead atoms. The van der Waals surface area contributed by atoms with Crippen LogP contribution in [0.4, 0.5) is 15.8 Å². The molecule has 1 aromatic carbocycles. The van der Waals surface area contributed by atoms with Gasteiger partial charge in [-0.05, 0) is 31.0 Å². The molecule has 9 heteroatoms. The van der Waals surface area contributed by atoms with Crippen LogP contribution in [0, 0.1) is 5.82 Å². The first-order chi connectivity index (χ1) is 13.5. The Kier molecular flexibility index (Phi) is 6.67. The summed E-state index contributed by atoms with van der Waals surface area (Å²) in [6, 6.07) is 4.81. The Morgan fingerprint density at radius 1 is 1.18 bits per heavy atom. The third kappa shape index (κ3) is 5.58. The number of benzene rings is 1. The summed E-state index contributed by atoms with van der Waals surface area (Å²) in [7, 11) is 0. The van der Waals surface area contributed by atoms with Gasteiger partial charge in [-0.25, -0.2) is 4.39 Å². The number of nitrogens with zero attached hydrogens (tertiary/aromatic N) is 3. The monoisotopic (exact) mass is 391 g/mol. The molecule has 0 radical (unpaired) electrons. The van der Waals surface area contributed by atoms with E-state index in [2.05, 4.69) is 15.6 Å².